The highest BCUT2D eigenvalue weighted by Gasteiger charge is 2.30. The summed E-state index contributed by atoms with van der Waals surface area (Å²) in [5, 5.41) is 13.4. The molecule has 2 fully saturated rings. The summed E-state index contributed by atoms with van der Waals surface area (Å²) in [6, 6.07) is 10.0. The third-order valence-electron chi connectivity index (χ3n) is 5.61. The van der Waals surface area contributed by atoms with E-state index in [4.69, 9.17) is 0 Å². The molecule has 3 rings (SSSR count). The van der Waals surface area contributed by atoms with E-state index in [1.165, 1.54) is 17.8 Å². The molecule has 0 bridgehead atoms. The third kappa shape index (κ3) is 4.50. The van der Waals surface area contributed by atoms with Crippen LogP contribution in [0.15, 0.2) is 24.3 Å². The molecule has 2 atom stereocenters. The Kier molecular flexibility index (Phi) is 5.80. The van der Waals surface area contributed by atoms with E-state index in [0.29, 0.717) is 18.0 Å². The molecular weight excluding hydrogens is 298 g/mol. The molecule has 0 aromatic heterocycles. The molecule has 0 amide bonds. The number of aliphatic hydroxyl groups is 1. The van der Waals surface area contributed by atoms with Crippen molar-refractivity contribution in [3.8, 4) is 0 Å². The van der Waals surface area contributed by atoms with Gasteiger partial charge in [-0.15, -0.1) is 0 Å². The molecule has 0 unspecified atom stereocenters. The van der Waals surface area contributed by atoms with Crippen LogP contribution in [0.25, 0.3) is 0 Å². The molecule has 2 N–H and O–H groups in total. The van der Waals surface area contributed by atoms with Crippen LogP contribution in [0.2, 0.25) is 0 Å². The molecule has 134 valence electrons. The van der Waals surface area contributed by atoms with Crippen molar-refractivity contribution in [3.63, 3.8) is 0 Å². The van der Waals surface area contributed by atoms with Crippen molar-refractivity contribution in [1.82, 2.24) is 9.80 Å². The van der Waals surface area contributed by atoms with Crippen molar-refractivity contribution >= 4 is 5.69 Å². The largest absolute Gasteiger partial charge is 0.393 e. The Morgan fingerprint density at radius 3 is 2.62 bits per heavy atom. The van der Waals surface area contributed by atoms with Gasteiger partial charge in [-0.05, 0) is 50.3 Å². The molecule has 0 saturated carbocycles. The van der Waals surface area contributed by atoms with E-state index in [1.54, 1.807) is 0 Å². The molecular formula is C20H33N3O. The second-order valence-electron chi connectivity index (χ2n) is 7.98. The lowest BCUT2D eigenvalue weighted by Gasteiger charge is -2.29. The summed E-state index contributed by atoms with van der Waals surface area (Å²) >= 11 is 0. The number of rotatable bonds is 5. The fourth-order valence-corrected chi connectivity index (χ4v) is 3.92. The number of hydrogen-bond donors (Lipinski definition) is 2. The lowest BCUT2D eigenvalue weighted by atomic mass is 10.1. The Labute approximate surface area is 146 Å². The fourth-order valence-electron chi connectivity index (χ4n) is 3.92. The Hall–Kier alpha value is -1.10. The molecule has 2 aliphatic heterocycles. The number of benzene rings is 1. The quantitative estimate of drug-likeness (QED) is 0.870. The lowest BCUT2D eigenvalue weighted by molar-refractivity contribution is 0.0792. The maximum Gasteiger partial charge on any atom is 0.0564 e. The van der Waals surface area contributed by atoms with E-state index in [9.17, 15) is 5.11 Å². The number of anilines is 1. The summed E-state index contributed by atoms with van der Waals surface area (Å²) < 4.78 is 0. The van der Waals surface area contributed by atoms with E-state index < -0.39 is 0 Å². The summed E-state index contributed by atoms with van der Waals surface area (Å²) in [5.74, 6) is 0.680. The smallest absolute Gasteiger partial charge is 0.0564 e. The van der Waals surface area contributed by atoms with Gasteiger partial charge in [-0.2, -0.15) is 0 Å². The standard InChI is InChI=1S/C20H33N3O/c1-15(2)23-12-16(3)20(14-23)21-18-6-4-5-17(11-18)13-22-9-7-19(24)8-10-22/h4-6,11,15-16,19-21,24H,7-10,12-14H2,1-3H3/t16-,20+/m0/s1. The van der Waals surface area contributed by atoms with Crippen LogP contribution < -0.4 is 5.32 Å². The molecule has 24 heavy (non-hydrogen) atoms. The molecule has 0 spiro atoms. The monoisotopic (exact) mass is 331 g/mol. The summed E-state index contributed by atoms with van der Waals surface area (Å²) in [4.78, 5) is 5.01. The molecule has 1 aromatic rings. The average molecular weight is 332 g/mol. The van der Waals surface area contributed by atoms with Crippen LogP contribution in [0.4, 0.5) is 5.69 Å². The Bertz CT molecular complexity index is 525. The first-order chi connectivity index (χ1) is 11.5. The second kappa shape index (κ2) is 7.85. The zero-order chi connectivity index (χ0) is 17.1. The van der Waals surface area contributed by atoms with Crippen molar-refractivity contribution in [2.24, 2.45) is 5.92 Å². The zero-order valence-corrected chi connectivity index (χ0v) is 15.4. The van der Waals surface area contributed by atoms with E-state index in [-0.39, 0.29) is 6.10 Å². The van der Waals surface area contributed by atoms with Crippen molar-refractivity contribution in [2.45, 2.75) is 58.3 Å². The molecule has 4 heteroatoms. The summed E-state index contributed by atoms with van der Waals surface area (Å²) in [6.07, 6.45) is 1.72. The minimum Gasteiger partial charge on any atom is -0.393 e. The van der Waals surface area contributed by atoms with Gasteiger partial charge in [0.25, 0.3) is 0 Å². The summed E-state index contributed by atoms with van der Waals surface area (Å²) in [5.41, 5.74) is 2.61. The van der Waals surface area contributed by atoms with E-state index in [0.717, 1.165) is 39.0 Å². The van der Waals surface area contributed by atoms with Gasteiger partial charge in [-0.25, -0.2) is 0 Å². The first-order valence-corrected chi connectivity index (χ1v) is 9.51. The zero-order valence-electron chi connectivity index (χ0n) is 15.4. The predicted molar refractivity (Wildman–Crippen MR) is 100 cm³/mol. The highest BCUT2D eigenvalue weighted by Crippen LogP contribution is 2.23. The molecule has 0 radical (unpaired) electrons. The SMILES string of the molecule is CC(C)N1C[C@H](C)[C@H](Nc2cccc(CN3CCC(O)CC3)c2)C1. The van der Waals surface area contributed by atoms with Gasteiger partial charge in [0, 0.05) is 50.5 Å². The first kappa shape index (κ1) is 17.7. The van der Waals surface area contributed by atoms with Crippen molar-refractivity contribution in [3.05, 3.63) is 29.8 Å². The van der Waals surface area contributed by atoms with Gasteiger partial charge in [0.15, 0.2) is 0 Å². The van der Waals surface area contributed by atoms with Crippen LogP contribution in [0, 0.1) is 5.92 Å². The second-order valence-corrected chi connectivity index (χ2v) is 7.98. The third-order valence-corrected chi connectivity index (χ3v) is 5.61. The van der Waals surface area contributed by atoms with E-state index >= 15 is 0 Å². The molecule has 1 aromatic carbocycles. The topological polar surface area (TPSA) is 38.7 Å². The lowest BCUT2D eigenvalue weighted by Crippen LogP contribution is -2.35. The minimum absolute atomic E-state index is 0.0954. The molecule has 2 saturated heterocycles. The van der Waals surface area contributed by atoms with Gasteiger partial charge >= 0.3 is 0 Å². The number of hydrogen-bond acceptors (Lipinski definition) is 4. The summed E-state index contributed by atoms with van der Waals surface area (Å²) in [7, 11) is 0. The van der Waals surface area contributed by atoms with Crippen LogP contribution in [-0.4, -0.2) is 59.3 Å². The number of likely N-dealkylation sites (tertiary alicyclic amines) is 2. The Morgan fingerprint density at radius 2 is 1.96 bits per heavy atom. The number of nitrogens with one attached hydrogen (secondary N) is 1. The molecule has 0 aliphatic carbocycles. The van der Waals surface area contributed by atoms with Gasteiger partial charge < -0.3 is 10.4 Å². The number of aliphatic hydroxyl groups excluding tert-OH is 1. The Balaban J connectivity index is 1.57. The highest BCUT2D eigenvalue weighted by atomic mass is 16.3. The van der Waals surface area contributed by atoms with Gasteiger partial charge in [-0.1, -0.05) is 19.1 Å². The van der Waals surface area contributed by atoms with Crippen molar-refractivity contribution in [2.75, 3.05) is 31.5 Å². The average Bonchev–Trinajstić information content (AvgIpc) is 2.91. The van der Waals surface area contributed by atoms with Crippen LogP contribution in [0.1, 0.15) is 39.2 Å². The predicted octanol–water partition coefficient (Wildman–Crippen LogP) is 2.78. The van der Waals surface area contributed by atoms with E-state index in [1.807, 2.05) is 0 Å². The van der Waals surface area contributed by atoms with Crippen LogP contribution >= 0.6 is 0 Å². The minimum atomic E-state index is -0.0954. The maximum absolute atomic E-state index is 9.64. The van der Waals surface area contributed by atoms with Gasteiger partial charge in [0.1, 0.15) is 0 Å². The highest BCUT2D eigenvalue weighted by molar-refractivity contribution is 5.47. The van der Waals surface area contributed by atoms with Gasteiger partial charge in [0.05, 0.1) is 6.10 Å². The van der Waals surface area contributed by atoms with Crippen LogP contribution in [0.3, 0.4) is 0 Å². The fraction of sp³-hybridized carbons (Fsp3) is 0.700. The van der Waals surface area contributed by atoms with Gasteiger partial charge in [-0.3, -0.25) is 9.80 Å². The number of piperidine rings is 1. The molecule has 2 heterocycles. The number of nitrogens with zero attached hydrogens (tertiary/aromatic N) is 2. The molecule has 4 nitrogen and oxygen atoms in total. The maximum atomic E-state index is 9.64. The first-order valence-electron chi connectivity index (χ1n) is 9.51. The van der Waals surface area contributed by atoms with E-state index in [2.05, 4.69) is 60.2 Å². The van der Waals surface area contributed by atoms with Crippen molar-refractivity contribution < 1.29 is 5.11 Å². The summed E-state index contributed by atoms with van der Waals surface area (Å²) in [6.45, 7) is 12.2. The van der Waals surface area contributed by atoms with Crippen LogP contribution in [0.5, 0.6) is 0 Å². The normalized spacial score (nSPS) is 27.0. The van der Waals surface area contributed by atoms with Crippen LogP contribution in [-0.2, 0) is 6.54 Å². The Morgan fingerprint density at radius 1 is 1.21 bits per heavy atom. The van der Waals surface area contributed by atoms with Crippen molar-refractivity contribution in [1.29, 1.82) is 0 Å². The van der Waals surface area contributed by atoms with Gasteiger partial charge in [0.2, 0.25) is 0 Å². The molecule has 2 aliphatic rings.